The minimum atomic E-state index is -0.0464. The Bertz CT molecular complexity index is 534. The van der Waals surface area contributed by atoms with Crippen LogP contribution in [-0.4, -0.2) is 10.2 Å². The predicted molar refractivity (Wildman–Crippen MR) is 67.7 cm³/mol. The van der Waals surface area contributed by atoms with E-state index >= 15 is 0 Å². The monoisotopic (exact) mass is 246 g/mol. The van der Waals surface area contributed by atoms with E-state index in [1.165, 1.54) is 0 Å². The van der Waals surface area contributed by atoms with Crippen LogP contribution < -0.4 is 10.5 Å². The molecule has 0 aromatic carbocycles. The summed E-state index contributed by atoms with van der Waals surface area (Å²) in [7, 11) is 0. The number of nitrogens with zero attached hydrogens (tertiary/aromatic N) is 2. The number of aromatic amines is 1. The van der Waals surface area contributed by atoms with Crippen molar-refractivity contribution >= 4 is 0 Å². The Balaban J connectivity index is 2.62. The highest BCUT2D eigenvalue weighted by atomic mass is 16.5. The van der Waals surface area contributed by atoms with Gasteiger partial charge in [0, 0.05) is 17.2 Å². The van der Waals surface area contributed by atoms with Crippen LogP contribution in [0.2, 0.25) is 0 Å². The Morgan fingerprint density at radius 2 is 2.06 bits per heavy atom. The SMILES string of the molecule is CC(C)c1[nH]nc2c1[C@H](C(C)C)C(C#N)=C(N)O2. The lowest BCUT2D eigenvalue weighted by Gasteiger charge is -2.26. The Morgan fingerprint density at radius 3 is 2.56 bits per heavy atom. The Morgan fingerprint density at radius 1 is 1.39 bits per heavy atom. The van der Waals surface area contributed by atoms with Gasteiger partial charge in [-0.05, 0) is 11.8 Å². The van der Waals surface area contributed by atoms with Gasteiger partial charge in [-0.15, -0.1) is 5.10 Å². The summed E-state index contributed by atoms with van der Waals surface area (Å²) in [5.74, 6) is 1.19. The molecule has 0 radical (unpaired) electrons. The summed E-state index contributed by atoms with van der Waals surface area (Å²) < 4.78 is 5.44. The maximum Gasteiger partial charge on any atom is 0.243 e. The second-order valence-electron chi connectivity index (χ2n) is 5.22. The largest absolute Gasteiger partial charge is 0.420 e. The quantitative estimate of drug-likeness (QED) is 0.838. The number of ether oxygens (including phenoxy) is 1. The number of nitrogens with one attached hydrogen (secondary N) is 1. The highest BCUT2D eigenvalue weighted by Gasteiger charge is 2.36. The summed E-state index contributed by atoms with van der Waals surface area (Å²) in [4.78, 5) is 0. The molecule has 5 heteroatoms. The lowest BCUT2D eigenvalue weighted by Crippen LogP contribution is -2.23. The van der Waals surface area contributed by atoms with Gasteiger partial charge in [0.05, 0.1) is 5.57 Å². The van der Waals surface area contributed by atoms with Crippen molar-refractivity contribution in [1.82, 2.24) is 10.2 Å². The fraction of sp³-hybridized carbons (Fsp3) is 0.538. The molecule has 1 aromatic rings. The maximum atomic E-state index is 9.27. The second-order valence-corrected chi connectivity index (χ2v) is 5.22. The zero-order valence-corrected chi connectivity index (χ0v) is 11.1. The van der Waals surface area contributed by atoms with E-state index in [-0.39, 0.29) is 17.7 Å². The van der Waals surface area contributed by atoms with Crippen LogP contribution >= 0.6 is 0 Å². The molecular weight excluding hydrogens is 228 g/mol. The van der Waals surface area contributed by atoms with Crippen molar-refractivity contribution in [2.75, 3.05) is 0 Å². The molecule has 0 fully saturated rings. The van der Waals surface area contributed by atoms with Gasteiger partial charge in [0.2, 0.25) is 11.8 Å². The van der Waals surface area contributed by atoms with Crippen molar-refractivity contribution in [3.05, 3.63) is 22.7 Å². The average Bonchev–Trinajstić information content (AvgIpc) is 2.69. The molecule has 0 saturated heterocycles. The first-order valence-corrected chi connectivity index (χ1v) is 6.13. The smallest absolute Gasteiger partial charge is 0.243 e. The number of H-pyrrole nitrogens is 1. The van der Waals surface area contributed by atoms with Gasteiger partial charge in [0.25, 0.3) is 0 Å². The van der Waals surface area contributed by atoms with E-state index in [1.54, 1.807) is 0 Å². The molecule has 0 saturated carbocycles. The molecule has 2 rings (SSSR count). The third kappa shape index (κ3) is 1.74. The number of hydrogen-bond acceptors (Lipinski definition) is 4. The summed E-state index contributed by atoms with van der Waals surface area (Å²) in [5, 5.41) is 16.4. The van der Waals surface area contributed by atoms with Crippen LogP contribution in [0.5, 0.6) is 5.88 Å². The number of nitriles is 1. The van der Waals surface area contributed by atoms with Gasteiger partial charge >= 0.3 is 0 Å². The molecule has 0 spiro atoms. The summed E-state index contributed by atoms with van der Waals surface area (Å²) in [5.41, 5.74) is 8.29. The van der Waals surface area contributed by atoms with E-state index in [2.05, 4.69) is 44.0 Å². The molecule has 96 valence electrons. The van der Waals surface area contributed by atoms with Crippen molar-refractivity contribution in [1.29, 1.82) is 5.26 Å². The standard InChI is InChI=1S/C13H18N4O/c1-6(2)9-8(5-14)12(15)18-13-10(9)11(7(3)4)16-17-13/h6-7,9H,15H2,1-4H3,(H,16,17)/t9-/m1/s1. The third-order valence-electron chi connectivity index (χ3n) is 3.26. The van der Waals surface area contributed by atoms with Gasteiger partial charge in [0.15, 0.2) is 0 Å². The van der Waals surface area contributed by atoms with Crippen LogP contribution in [0.3, 0.4) is 0 Å². The maximum absolute atomic E-state index is 9.27. The molecular formula is C13H18N4O. The molecule has 3 N–H and O–H groups in total. The minimum Gasteiger partial charge on any atom is -0.420 e. The van der Waals surface area contributed by atoms with E-state index < -0.39 is 0 Å². The summed E-state index contributed by atoms with van der Waals surface area (Å²) in [6.45, 7) is 8.31. The molecule has 2 heterocycles. The number of rotatable bonds is 2. The van der Waals surface area contributed by atoms with Gasteiger partial charge in [0.1, 0.15) is 6.07 Å². The van der Waals surface area contributed by atoms with Crippen LogP contribution in [0.4, 0.5) is 0 Å². The topological polar surface area (TPSA) is 87.7 Å². The van der Waals surface area contributed by atoms with Crippen LogP contribution in [-0.2, 0) is 0 Å². The van der Waals surface area contributed by atoms with E-state index in [4.69, 9.17) is 10.5 Å². The normalized spacial score (nSPS) is 18.8. The number of allylic oxidation sites excluding steroid dienone is 1. The molecule has 0 amide bonds. The van der Waals surface area contributed by atoms with Crippen LogP contribution in [0.15, 0.2) is 11.5 Å². The molecule has 5 nitrogen and oxygen atoms in total. The van der Waals surface area contributed by atoms with E-state index in [9.17, 15) is 5.26 Å². The van der Waals surface area contributed by atoms with Crippen LogP contribution in [0.1, 0.15) is 50.8 Å². The molecule has 0 unspecified atom stereocenters. The highest BCUT2D eigenvalue weighted by Crippen LogP contribution is 2.44. The molecule has 1 aromatic heterocycles. The predicted octanol–water partition coefficient (Wildman–Crippen LogP) is 2.36. The molecule has 0 bridgehead atoms. The Labute approximate surface area is 107 Å². The van der Waals surface area contributed by atoms with Gasteiger partial charge in [-0.25, -0.2) is 0 Å². The van der Waals surface area contributed by atoms with Crippen LogP contribution in [0.25, 0.3) is 0 Å². The molecule has 0 aliphatic carbocycles. The van der Waals surface area contributed by atoms with Crippen molar-refractivity contribution in [2.45, 2.75) is 39.5 Å². The van der Waals surface area contributed by atoms with Crippen molar-refractivity contribution in [3.63, 3.8) is 0 Å². The first-order chi connectivity index (χ1) is 8.47. The Kier molecular flexibility index (Phi) is 3.04. The van der Waals surface area contributed by atoms with E-state index in [0.717, 1.165) is 11.3 Å². The second kappa shape index (κ2) is 4.37. The van der Waals surface area contributed by atoms with E-state index in [0.29, 0.717) is 17.4 Å². The summed E-state index contributed by atoms with van der Waals surface area (Å²) in [6.07, 6.45) is 0. The van der Waals surface area contributed by atoms with E-state index in [1.807, 2.05) is 0 Å². The molecule has 18 heavy (non-hydrogen) atoms. The van der Waals surface area contributed by atoms with Crippen LogP contribution in [0, 0.1) is 17.2 Å². The fourth-order valence-corrected chi connectivity index (χ4v) is 2.41. The number of hydrogen-bond donors (Lipinski definition) is 2. The average molecular weight is 246 g/mol. The first-order valence-electron chi connectivity index (χ1n) is 6.13. The fourth-order valence-electron chi connectivity index (χ4n) is 2.41. The number of nitrogens with two attached hydrogens (primary N) is 1. The van der Waals surface area contributed by atoms with Gasteiger partial charge in [-0.1, -0.05) is 27.7 Å². The molecule has 1 aliphatic rings. The number of fused-ring (bicyclic) bond motifs is 1. The molecule has 1 aliphatic heterocycles. The minimum absolute atomic E-state index is 0.0464. The van der Waals surface area contributed by atoms with Gasteiger partial charge in [-0.2, -0.15) is 5.26 Å². The Hall–Kier alpha value is -1.96. The van der Waals surface area contributed by atoms with Crippen molar-refractivity contribution < 1.29 is 4.74 Å². The zero-order chi connectivity index (χ0) is 13.4. The summed E-state index contributed by atoms with van der Waals surface area (Å²) >= 11 is 0. The van der Waals surface area contributed by atoms with Gasteiger partial charge in [-0.3, -0.25) is 5.10 Å². The highest BCUT2D eigenvalue weighted by molar-refractivity contribution is 5.49. The first kappa shape index (κ1) is 12.5. The third-order valence-corrected chi connectivity index (χ3v) is 3.26. The zero-order valence-electron chi connectivity index (χ0n) is 11.1. The lowest BCUT2D eigenvalue weighted by molar-refractivity contribution is 0.359. The van der Waals surface area contributed by atoms with Crippen molar-refractivity contribution in [2.24, 2.45) is 11.7 Å². The lowest BCUT2D eigenvalue weighted by atomic mass is 9.80. The summed E-state index contributed by atoms with van der Waals surface area (Å²) in [6, 6.07) is 2.17. The van der Waals surface area contributed by atoms with Crippen molar-refractivity contribution in [3.8, 4) is 11.9 Å². The number of aromatic nitrogens is 2. The molecule has 1 atom stereocenters. The van der Waals surface area contributed by atoms with Gasteiger partial charge < -0.3 is 10.5 Å².